The number of hydrogen-bond donors (Lipinski definition) is 1. The number of furan rings is 1. The Morgan fingerprint density at radius 2 is 1.82 bits per heavy atom. The van der Waals surface area contributed by atoms with Gasteiger partial charge in [-0.3, -0.25) is 0 Å². The molecule has 1 heterocycles. The van der Waals surface area contributed by atoms with Gasteiger partial charge in [-0.15, -0.1) is 0 Å². The first-order valence-corrected chi connectivity index (χ1v) is 9.14. The van der Waals surface area contributed by atoms with E-state index >= 15 is 0 Å². The molecule has 0 saturated carbocycles. The van der Waals surface area contributed by atoms with Crippen molar-refractivity contribution in [2.45, 2.75) is 50.5 Å². The third-order valence-corrected chi connectivity index (χ3v) is 5.69. The van der Waals surface area contributed by atoms with E-state index in [1.807, 2.05) is 25.1 Å². The van der Waals surface area contributed by atoms with E-state index in [-0.39, 0.29) is 0 Å². The Kier molecular flexibility index (Phi) is 4.10. The highest BCUT2D eigenvalue weighted by molar-refractivity contribution is 7.89. The van der Waals surface area contributed by atoms with Gasteiger partial charge >= 0.3 is 0 Å². The summed E-state index contributed by atoms with van der Waals surface area (Å²) in [7, 11) is -3.54. The maximum atomic E-state index is 12.6. The van der Waals surface area contributed by atoms with Crippen LogP contribution in [0.2, 0.25) is 0 Å². The van der Waals surface area contributed by atoms with Gasteiger partial charge in [0.1, 0.15) is 11.5 Å². The minimum Gasteiger partial charge on any atom is -0.465 e. The fourth-order valence-electron chi connectivity index (χ4n) is 2.92. The average molecular weight is 319 g/mol. The Bertz CT molecular complexity index is 777. The number of hydrogen-bond acceptors (Lipinski definition) is 3. The van der Waals surface area contributed by atoms with Crippen molar-refractivity contribution < 1.29 is 12.8 Å². The Hall–Kier alpha value is -1.59. The van der Waals surface area contributed by atoms with Crippen LogP contribution in [0.5, 0.6) is 0 Å². The topological polar surface area (TPSA) is 59.3 Å². The van der Waals surface area contributed by atoms with E-state index in [1.54, 1.807) is 19.1 Å². The van der Waals surface area contributed by atoms with Gasteiger partial charge in [-0.1, -0.05) is 6.07 Å². The highest BCUT2D eigenvalue weighted by Gasteiger charge is 2.21. The fourth-order valence-corrected chi connectivity index (χ4v) is 4.18. The van der Waals surface area contributed by atoms with E-state index in [0.717, 1.165) is 30.6 Å². The van der Waals surface area contributed by atoms with E-state index in [4.69, 9.17) is 4.42 Å². The normalized spacial score (nSPS) is 16.3. The summed E-state index contributed by atoms with van der Waals surface area (Å²) < 4.78 is 33.3. The van der Waals surface area contributed by atoms with Gasteiger partial charge in [0.05, 0.1) is 10.9 Å². The highest BCUT2D eigenvalue weighted by atomic mass is 32.2. The summed E-state index contributed by atoms with van der Waals surface area (Å²) in [6.45, 7) is 3.63. The third kappa shape index (κ3) is 3.10. The average Bonchev–Trinajstić information content (AvgIpc) is 2.93. The molecule has 4 nitrogen and oxygen atoms in total. The van der Waals surface area contributed by atoms with Crippen LogP contribution in [0.15, 0.2) is 39.6 Å². The van der Waals surface area contributed by atoms with Crippen LogP contribution in [0.25, 0.3) is 0 Å². The lowest BCUT2D eigenvalue weighted by Gasteiger charge is -2.18. The summed E-state index contributed by atoms with van der Waals surface area (Å²) in [5.74, 6) is 1.40. The number of nitrogens with one attached hydrogen (secondary N) is 1. The van der Waals surface area contributed by atoms with Crippen LogP contribution in [-0.4, -0.2) is 8.42 Å². The molecule has 3 rings (SSSR count). The fraction of sp³-hybridized carbons (Fsp3) is 0.412. The predicted octanol–water partition coefficient (Wildman–Crippen LogP) is 3.51. The Morgan fingerprint density at radius 3 is 2.50 bits per heavy atom. The van der Waals surface area contributed by atoms with Crippen LogP contribution in [0.3, 0.4) is 0 Å². The maximum Gasteiger partial charge on any atom is 0.241 e. The second-order valence-corrected chi connectivity index (χ2v) is 7.64. The maximum absolute atomic E-state index is 12.6. The van der Waals surface area contributed by atoms with Gasteiger partial charge in [-0.05, 0) is 74.9 Å². The van der Waals surface area contributed by atoms with Crippen LogP contribution in [0, 0.1) is 6.92 Å². The van der Waals surface area contributed by atoms with Gasteiger partial charge in [0.25, 0.3) is 0 Å². The van der Waals surface area contributed by atoms with E-state index in [9.17, 15) is 8.42 Å². The van der Waals surface area contributed by atoms with Crippen molar-refractivity contribution in [3.8, 4) is 0 Å². The lowest BCUT2D eigenvalue weighted by Crippen LogP contribution is -2.27. The lowest BCUT2D eigenvalue weighted by atomic mass is 9.92. The molecule has 1 N–H and O–H groups in total. The minimum atomic E-state index is -3.54. The standard InChI is InChI=1S/C17H21NO3S/c1-12-7-10-17(21-12)13(2)18-22(19,20)16-9-8-14-5-3-4-6-15(14)11-16/h7-11,13,18H,3-6H2,1-2H3. The molecule has 0 spiro atoms. The molecule has 0 radical (unpaired) electrons. The molecule has 2 aromatic rings. The number of sulfonamides is 1. The molecular weight excluding hydrogens is 298 g/mol. The minimum absolute atomic E-state index is 0.336. The van der Waals surface area contributed by atoms with Crippen LogP contribution >= 0.6 is 0 Å². The first kappa shape index (κ1) is 15.3. The van der Waals surface area contributed by atoms with Crippen LogP contribution in [-0.2, 0) is 22.9 Å². The van der Waals surface area contributed by atoms with Crippen molar-refractivity contribution in [3.05, 3.63) is 53.0 Å². The zero-order valence-corrected chi connectivity index (χ0v) is 13.7. The van der Waals surface area contributed by atoms with Crippen LogP contribution in [0.4, 0.5) is 0 Å². The molecule has 1 unspecified atom stereocenters. The van der Waals surface area contributed by atoms with Gasteiger partial charge in [-0.2, -0.15) is 0 Å². The molecule has 1 aromatic carbocycles. The molecular formula is C17H21NO3S. The van der Waals surface area contributed by atoms with E-state index in [1.165, 1.54) is 12.0 Å². The molecule has 5 heteroatoms. The Balaban J connectivity index is 1.83. The van der Waals surface area contributed by atoms with Crippen molar-refractivity contribution in [2.75, 3.05) is 0 Å². The van der Waals surface area contributed by atoms with Crippen LogP contribution < -0.4 is 4.72 Å². The molecule has 0 bridgehead atoms. The molecule has 0 fully saturated rings. The molecule has 1 aliphatic carbocycles. The summed E-state index contributed by atoms with van der Waals surface area (Å²) in [6, 6.07) is 8.71. The van der Waals surface area contributed by atoms with Crippen LogP contribution in [0.1, 0.15) is 48.5 Å². The predicted molar refractivity (Wildman–Crippen MR) is 85.3 cm³/mol. The molecule has 22 heavy (non-hydrogen) atoms. The van der Waals surface area contributed by atoms with E-state index in [2.05, 4.69) is 4.72 Å². The van der Waals surface area contributed by atoms with Crippen molar-refractivity contribution in [2.24, 2.45) is 0 Å². The molecule has 0 saturated heterocycles. The monoisotopic (exact) mass is 319 g/mol. The smallest absolute Gasteiger partial charge is 0.241 e. The summed E-state index contributed by atoms with van der Waals surface area (Å²) in [5.41, 5.74) is 2.44. The van der Waals surface area contributed by atoms with Gasteiger partial charge in [0.2, 0.25) is 10.0 Å². The molecule has 1 aliphatic rings. The van der Waals surface area contributed by atoms with Crippen molar-refractivity contribution in [1.29, 1.82) is 0 Å². The summed E-state index contributed by atoms with van der Waals surface area (Å²) >= 11 is 0. The Labute approximate surface area is 131 Å². The van der Waals surface area contributed by atoms with E-state index < -0.39 is 16.1 Å². The first-order chi connectivity index (χ1) is 10.5. The van der Waals surface area contributed by atoms with Gasteiger partial charge < -0.3 is 4.42 Å². The van der Waals surface area contributed by atoms with Gasteiger partial charge in [-0.25, -0.2) is 13.1 Å². The van der Waals surface area contributed by atoms with E-state index in [0.29, 0.717) is 10.7 Å². The summed E-state index contributed by atoms with van der Waals surface area (Å²) in [5, 5.41) is 0. The Morgan fingerprint density at radius 1 is 1.09 bits per heavy atom. The summed E-state index contributed by atoms with van der Waals surface area (Å²) in [6.07, 6.45) is 4.33. The zero-order chi connectivity index (χ0) is 15.7. The van der Waals surface area contributed by atoms with Crippen molar-refractivity contribution >= 4 is 10.0 Å². The quantitative estimate of drug-likeness (QED) is 0.938. The SMILES string of the molecule is Cc1ccc(C(C)NS(=O)(=O)c2ccc3c(c2)CCCC3)o1. The highest BCUT2D eigenvalue weighted by Crippen LogP contribution is 2.25. The second-order valence-electron chi connectivity index (χ2n) is 5.93. The van der Waals surface area contributed by atoms with Gasteiger partial charge in [0, 0.05) is 0 Å². The number of benzene rings is 1. The number of aryl methyl sites for hydroxylation is 3. The largest absolute Gasteiger partial charge is 0.465 e. The molecule has 0 amide bonds. The number of rotatable bonds is 4. The summed E-state index contributed by atoms with van der Waals surface area (Å²) in [4.78, 5) is 0.336. The van der Waals surface area contributed by atoms with Crippen molar-refractivity contribution in [3.63, 3.8) is 0 Å². The zero-order valence-electron chi connectivity index (χ0n) is 12.9. The third-order valence-electron chi connectivity index (χ3n) is 4.15. The molecule has 0 aliphatic heterocycles. The second kappa shape index (κ2) is 5.89. The lowest BCUT2D eigenvalue weighted by molar-refractivity contribution is 0.441. The molecule has 1 aromatic heterocycles. The number of fused-ring (bicyclic) bond motifs is 1. The molecule has 1 atom stereocenters. The van der Waals surface area contributed by atoms with Crippen molar-refractivity contribution in [1.82, 2.24) is 4.72 Å². The first-order valence-electron chi connectivity index (χ1n) is 7.66. The molecule has 118 valence electrons. The van der Waals surface area contributed by atoms with Gasteiger partial charge in [0.15, 0.2) is 0 Å².